The molecule has 0 aliphatic rings. The van der Waals surface area contributed by atoms with E-state index in [-0.39, 0.29) is 0 Å². The SMILES string of the molecule is Cc1cccc(CSc2nnc(C[NH3+])o2)c1. The molecule has 2 aromatic rings. The lowest BCUT2D eigenvalue weighted by molar-refractivity contribution is -0.391. The molecular weight excluding hydrogens is 222 g/mol. The van der Waals surface area contributed by atoms with Gasteiger partial charge in [-0.2, -0.15) is 0 Å². The zero-order valence-corrected chi connectivity index (χ0v) is 9.96. The maximum atomic E-state index is 5.36. The largest absolute Gasteiger partial charge is 0.410 e. The van der Waals surface area contributed by atoms with E-state index in [1.54, 1.807) is 11.8 Å². The van der Waals surface area contributed by atoms with Crippen molar-refractivity contribution in [3.05, 3.63) is 41.3 Å². The summed E-state index contributed by atoms with van der Waals surface area (Å²) < 4.78 is 5.36. The maximum absolute atomic E-state index is 5.36. The molecule has 0 aliphatic carbocycles. The number of rotatable bonds is 4. The molecule has 84 valence electrons. The molecule has 0 atom stereocenters. The highest BCUT2D eigenvalue weighted by molar-refractivity contribution is 7.98. The van der Waals surface area contributed by atoms with Gasteiger partial charge in [0.05, 0.1) is 0 Å². The maximum Gasteiger partial charge on any atom is 0.277 e. The van der Waals surface area contributed by atoms with Gasteiger partial charge in [-0.05, 0) is 12.5 Å². The van der Waals surface area contributed by atoms with Crippen molar-refractivity contribution in [1.29, 1.82) is 0 Å². The second kappa shape index (κ2) is 5.14. The number of hydrogen-bond acceptors (Lipinski definition) is 4. The van der Waals surface area contributed by atoms with E-state index < -0.39 is 0 Å². The molecule has 1 aromatic carbocycles. The third-order valence-corrected chi connectivity index (χ3v) is 3.00. The lowest BCUT2D eigenvalue weighted by atomic mass is 10.2. The summed E-state index contributed by atoms with van der Waals surface area (Å²) in [4.78, 5) is 0. The number of nitrogens with zero attached hydrogens (tertiary/aromatic N) is 2. The Kier molecular flexibility index (Phi) is 3.58. The van der Waals surface area contributed by atoms with E-state index in [0.29, 0.717) is 17.7 Å². The minimum atomic E-state index is 0.540. The fourth-order valence-corrected chi connectivity index (χ4v) is 2.07. The average Bonchev–Trinajstić information content (AvgIpc) is 2.74. The van der Waals surface area contributed by atoms with Crippen LogP contribution in [-0.2, 0) is 12.3 Å². The van der Waals surface area contributed by atoms with Crippen LogP contribution >= 0.6 is 11.8 Å². The summed E-state index contributed by atoms with van der Waals surface area (Å²) >= 11 is 1.55. The van der Waals surface area contributed by atoms with Crippen LogP contribution in [0.1, 0.15) is 17.0 Å². The van der Waals surface area contributed by atoms with Crippen LogP contribution in [0.4, 0.5) is 0 Å². The van der Waals surface area contributed by atoms with Gasteiger partial charge in [-0.1, -0.05) is 41.6 Å². The summed E-state index contributed by atoms with van der Waals surface area (Å²) in [7, 11) is 0. The van der Waals surface area contributed by atoms with Gasteiger partial charge in [0.1, 0.15) is 0 Å². The lowest BCUT2D eigenvalue weighted by Gasteiger charge is -1.99. The third kappa shape index (κ3) is 2.84. The van der Waals surface area contributed by atoms with E-state index in [4.69, 9.17) is 4.42 Å². The van der Waals surface area contributed by atoms with Crippen molar-refractivity contribution in [2.45, 2.75) is 24.4 Å². The smallest absolute Gasteiger partial charge is 0.277 e. The number of hydrogen-bond donors (Lipinski definition) is 1. The molecule has 5 heteroatoms. The highest BCUT2D eigenvalue weighted by Gasteiger charge is 2.06. The minimum absolute atomic E-state index is 0.540. The summed E-state index contributed by atoms with van der Waals surface area (Å²) in [6.45, 7) is 2.62. The first-order chi connectivity index (χ1) is 7.78. The quantitative estimate of drug-likeness (QED) is 0.815. The van der Waals surface area contributed by atoms with Crippen molar-refractivity contribution in [2.75, 3.05) is 0 Å². The predicted octanol–water partition coefficient (Wildman–Crippen LogP) is 1.41. The molecule has 0 aliphatic heterocycles. The van der Waals surface area contributed by atoms with Crippen molar-refractivity contribution < 1.29 is 10.2 Å². The molecule has 0 unspecified atom stereocenters. The van der Waals surface area contributed by atoms with Crippen molar-refractivity contribution in [1.82, 2.24) is 10.2 Å². The molecule has 0 bridgehead atoms. The van der Waals surface area contributed by atoms with E-state index in [0.717, 1.165) is 5.75 Å². The molecule has 0 fully saturated rings. The Morgan fingerprint density at radius 1 is 1.38 bits per heavy atom. The first-order valence-electron chi connectivity index (χ1n) is 5.08. The molecule has 16 heavy (non-hydrogen) atoms. The third-order valence-electron chi connectivity index (χ3n) is 2.11. The van der Waals surface area contributed by atoms with Gasteiger partial charge in [-0.3, -0.25) is 0 Å². The van der Waals surface area contributed by atoms with Gasteiger partial charge in [-0.15, -0.1) is 10.2 Å². The first-order valence-corrected chi connectivity index (χ1v) is 6.06. The standard InChI is InChI=1S/C11H13N3OS/c1-8-3-2-4-9(5-8)7-16-11-14-13-10(6-12)15-11/h2-5H,6-7,12H2,1H3/p+1. The molecule has 0 saturated carbocycles. The number of benzene rings is 1. The van der Waals surface area contributed by atoms with Crippen molar-refractivity contribution in [3.8, 4) is 0 Å². The van der Waals surface area contributed by atoms with Gasteiger partial charge in [0.2, 0.25) is 0 Å². The molecule has 4 nitrogen and oxygen atoms in total. The van der Waals surface area contributed by atoms with Crippen LogP contribution in [0.2, 0.25) is 0 Å². The molecule has 1 aromatic heterocycles. The monoisotopic (exact) mass is 236 g/mol. The van der Waals surface area contributed by atoms with E-state index in [1.165, 1.54) is 11.1 Å². The van der Waals surface area contributed by atoms with E-state index in [2.05, 4.69) is 47.1 Å². The topological polar surface area (TPSA) is 66.6 Å². The number of aromatic nitrogens is 2. The summed E-state index contributed by atoms with van der Waals surface area (Å²) in [5.41, 5.74) is 6.22. The van der Waals surface area contributed by atoms with E-state index in [1.807, 2.05) is 0 Å². The zero-order valence-electron chi connectivity index (χ0n) is 9.14. The molecule has 2 rings (SSSR count). The number of aryl methyl sites for hydroxylation is 1. The predicted molar refractivity (Wildman–Crippen MR) is 61.6 cm³/mol. The summed E-state index contributed by atoms with van der Waals surface area (Å²) in [6, 6.07) is 8.40. The van der Waals surface area contributed by atoms with Crippen LogP contribution in [0.15, 0.2) is 33.9 Å². The van der Waals surface area contributed by atoms with Gasteiger partial charge in [-0.25, -0.2) is 0 Å². The summed E-state index contributed by atoms with van der Waals surface area (Å²) in [5.74, 6) is 1.44. The normalized spacial score (nSPS) is 10.6. The van der Waals surface area contributed by atoms with Crippen molar-refractivity contribution in [2.24, 2.45) is 0 Å². The van der Waals surface area contributed by atoms with E-state index in [9.17, 15) is 0 Å². The Labute approximate surface area is 98.2 Å². The number of quaternary nitrogens is 1. The van der Waals surface area contributed by atoms with Crippen LogP contribution in [0.3, 0.4) is 0 Å². The molecule has 0 spiro atoms. The van der Waals surface area contributed by atoms with Gasteiger partial charge in [0.25, 0.3) is 11.1 Å². The van der Waals surface area contributed by atoms with Crippen LogP contribution in [-0.4, -0.2) is 10.2 Å². The Morgan fingerprint density at radius 2 is 2.25 bits per heavy atom. The van der Waals surface area contributed by atoms with E-state index >= 15 is 0 Å². The molecular formula is C11H14N3OS+. The Bertz CT molecular complexity index is 470. The summed E-state index contributed by atoms with van der Waals surface area (Å²) in [6.07, 6.45) is 0. The van der Waals surface area contributed by atoms with Gasteiger partial charge < -0.3 is 10.2 Å². The fraction of sp³-hybridized carbons (Fsp3) is 0.273. The fourth-order valence-electron chi connectivity index (χ4n) is 1.34. The second-order valence-electron chi connectivity index (χ2n) is 3.49. The molecule has 1 heterocycles. The van der Waals surface area contributed by atoms with Gasteiger partial charge >= 0.3 is 0 Å². The van der Waals surface area contributed by atoms with Crippen LogP contribution < -0.4 is 5.73 Å². The summed E-state index contributed by atoms with van der Waals surface area (Å²) in [5, 5.41) is 8.41. The second-order valence-corrected chi connectivity index (χ2v) is 4.42. The van der Waals surface area contributed by atoms with Crippen LogP contribution in [0, 0.1) is 6.92 Å². The Hall–Kier alpha value is -1.33. The molecule has 0 saturated heterocycles. The molecule has 0 radical (unpaired) electrons. The van der Waals surface area contributed by atoms with Gasteiger partial charge in [0, 0.05) is 5.75 Å². The Balaban J connectivity index is 1.96. The average molecular weight is 236 g/mol. The van der Waals surface area contributed by atoms with Crippen molar-refractivity contribution >= 4 is 11.8 Å². The molecule has 3 N–H and O–H groups in total. The highest BCUT2D eigenvalue weighted by Crippen LogP contribution is 2.21. The van der Waals surface area contributed by atoms with Gasteiger partial charge in [0.15, 0.2) is 6.54 Å². The highest BCUT2D eigenvalue weighted by atomic mass is 32.2. The lowest BCUT2D eigenvalue weighted by Crippen LogP contribution is -2.47. The minimum Gasteiger partial charge on any atom is -0.410 e. The number of thioether (sulfide) groups is 1. The van der Waals surface area contributed by atoms with Crippen LogP contribution in [0.25, 0.3) is 0 Å². The first kappa shape index (κ1) is 11.2. The Morgan fingerprint density at radius 3 is 2.94 bits per heavy atom. The zero-order chi connectivity index (χ0) is 11.4. The van der Waals surface area contributed by atoms with Crippen molar-refractivity contribution in [3.63, 3.8) is 0 Å². The molecule has 0 amide bonds. The van der Waals surface area contributed by atoms with Crippen LogP contribution in [0.5, 0.6) is 0 Å².